The van der Waals surface area contributed by atoms with E-state index in [4.69, 9.17) is 6.42 Å². The standard InChI is InChI=1S/C13H13F2N3O4S/c1-2-7-16-11(19)8-17-13(20)18-9-3-5-10(6-4-9)23(21,22)12(14)15/h1,3-6,12H,7-8H2,(H,16,19)(H2,17,18,20). The Morgan fingerprint density at radius 3 is 2.30 bits per heavy atom. The van der Waals surface area contributed by atoms with E-state index in [1.807, 2.05) is 0 Å². The Kier molecular flexibility index (Phi) is 6.47. The van der Waals surface area contributed by atoms with Gasteiger partial charge in [0, 0.05) is 5.69 Å². The molecule has 1 aromatic carbocycles. The number of hydrogen-bond acceptors (Lipinski definition) is 4. The van der Waals surface area contributed by atoms with Gasteiger partial charge in [-0.25, -0.2) is 13.2 Å². The minimum Gasteiger partial charge on any atom is -0.344 e. The molecule has 0 heterocycles. The Morgan fingerprint density at radius 1 is 1.17 bits per heavy atom. The highest BCUT2D eigenvalue weighted by Gasteiger charge is 2.26. The zero-order chi connectivity index (χ0) is 17.5. The molecular weight excluding hydrogens is 332 g/mol. The van der Waals surface area contributed by atoms with E-state index in [2.05, 4.69) is 21.9 Å². The maximum absolute atomic E-state index is 12.4. The first-order chi connectivity index (χ1) is 10.8. The topological polar surface area (TPSA) is 104 Å². The van der Waals surface area contributed by atoms with Gasteiger partial charge in [0.1, 0.15) is 0 Å². The molecule has 0 aliphatic carbocycles. The number of sulfone groups is 1. The molecule has 0 saturated carbocycles. The quantitative estimate of drug-likeness (QED) is 0.655. The fraction of sp³-hybridized carbons (Fsp3) is 0.231. The predicted octanol–water partition coefficient (Wildman–Crippen LogP) is 0.554. The minimum atomic E-state index is -4.68. The van der Waals surface area contributed by atoms with E-state index in [0.717, 1.165) is 24.3 Å². The number of urea groups is 1. The third-order valence-corrected chi connectivity index (χ3v) is 3.87. The summed E-state index contributed by atoms with van der Waals surface area (Å²) in [6.45, 7) is -0.284. The van der Waals surface area contributed by atoms with Crippen LogP contribution in [0.15, 0.2) is 29.2 Å². The van der Waals surface area contributed by atoms with Crippen LogP contribution < -0.4 is 16.0 Å². The predicted molar refractivity (Wildman–Crippen MR) is 78.5 cm³/mol. The van der Waals surface area contributed by atoms with Crippen LogP contribution in [0.4, 0.5) is 19.3 Å². The molecule has 23 heavy (non-hydrogen) atoms. The maximum atomic E-state index is 12.4. The Bertz CT molecular complexity index is 712. The first-order valence-corrected chi connectivity index (χ1v) is 7.69. The van der Waals surface area contributed by atoms with Gasteiger partial charge in [-0.1, -0.05) is 5.92 Å². The molecule has 3 N–H and O–H groups in total. The van der Waals surface area contributed by atoms with Gasteiger partial charge >= 0.3 is 11.8 Å². The Hall–Kier alpha value is -2.67. The van der Waals surface area contributed by atoms with Gasteiger partial charge in [-0.3, -0.25) is 4.79 Å². The van der Waals surface area contributed by atoms with Crippen LogP contribution in [0, 0.1) is 12.3 Å². The number of hydrogen-bond donors (Lipinski definition) is 3. The molecule has 7 nitrogen and oxygen atoms in total. The monoisotopic (exact) mass is 345 g/mol. The molecule has 10 heteroatoms. The van der Waals surface area contributed by atoms with Crippen molar-refractivity contribution in [3.63, 3.8) is 0 Å². The van der Waals surface area contributed by atoms with Gasteiger partial charge in [0.25, 0.3) is 0 Å². The summed E-state index contributed by atoms with van der Waals surface area (Å²) in [5, 5.41) is 6.87. The van der Waals surface area contributed by atoms with Crippen LogP contribution in [0.1, 0.15) is 0 Å². The molecule has 0 bridgehead atoms. The number of benzene rings is 1. The van der Waals surface area contributed by atoms with Crippen molar-refractivity contribution in [2.75, 3.05) is 18.4 Å². The van der Waals surface area contributed by atoms with E-state index < -0.39 is 32.4 Å². The van der Waals surface area contributed by atoms with Gasteiger partial charge in [0.15, 0.2) is 0 Å². The zero-order valence-corrected chi connectivity index (χ0v) is 12.5. The number of nitrogens with one attached hydrogen (secondary N) is 3. The minimum absolute atomic E-state index is 0.0300. The van der Waals surface area contributed by atoms with Crippen molar-refractivity contribution in [3.05, 3.63) is 24.3 Å². The Labute approximate surface area is 131 Å². The first kappa shape index (κ1) is 18.4. The molecule has 0 radical (unpaired) electrons. The van der Waals surface area contributed by atoms with Crippen molar-refractivity contribution in [3.8, 4) is 12.3 Å². The normalized spacial score (nSPS) is 10.7. The van der Waals surface area contributed by atoms with E-state index in [0.29, 0.717) is 0 Å². The molecule has 124 valence electrons. The lowest BCUT2D eigenvalue weighted by molar-refractivity contribution is -0.119. The Morgan fingerprint density at radius 2 is 1.78 bits per heavy atom. The summed E-state index contributed by atoms with van der Waals surface area (Å²) in [4.78, 5) is 22.1. The molecule has 0 aliphatic rings. The van der Waals surface area contributed by atoms with Crippen LogP contribution in [0.5, 0.6) is 0 Å². The lowest BCUT2D eigenvalue weighted by atomic mass is 10.3. The third-order valence-electron chi connectivity index (χ3n) is 2.47. The molecule has 1 rings (SSSR count). The molecule has 0 spiro atoms. The number of halogens is 2. The maximum Gasteiger partial charge on any atom is 0.341 e. The number of anilines is 1. The molecule has 0 atom stereocenters. The number of carbonyl (C=O) groups is 2. The highest BCUT2D eigenvalue weighted by atomic mass is 32.2. The van der Waals surface area contributed by atoms with Crippen LogP contribution >= 0.6 is 0 Å². The molecule has 0 unspecified atom stereocenters. The molecular formula is C13H13F2N3O4S. The van der Waals surface area contributed by atoms with E-state index in [-0.39, 0.29) is 18.8 Å². The number of alkyl halides is 2. The van der Waals surface area contributed by atoms with Crippen molar-refractivity contribution in [2.45, 2.75) is 10.7 Å². The fourth-order valence-corrected chi connectivity index (χ4v) is 2.10. The van der Waals surface area contributed by atoms with Gasteiger partial charge in [0.05, 0.1) is 18.0 Å². The zero-order valence-electron chi connectivity index (χ0n) is 11.7. The summed E-state index contributed by atoms with van der Waals surface area (Å²) in [5.41, 5.74) is 0.166. The fourth-order valence-electron chi connectivity index (χ4n) is 1.38. The molecule has 0 saturated heterocycles. The van der Waals surface area contributed by atoms with Crippen LogP contribution in [0.3, 0.4) is 0 Å². The van der Waals surface area contributed by atoms with Crippen LogP contribution in [0.2, 0.25) is 0 Å². The van der Waals surface area contributed by atoms with Crippen LogP contribution in [0.25, 0.3) is 0 Å². The van der Waals surface area contributed by atoms with E-state index >= 15 is 0 Å². The number of rotatable bonds is 6. The van der Waals surface area contributed by atoms with Crippen molar-refractivity contribution in [2.24, 2.45) is 0 Å². The molecule has 0 fully saturated rings. The average molecular weight is 345 g/mol. The summed E-state index contributed by atoms with van der Waals surface area (Å²) >= 11 is 0. The Balaban J connectivity index is 2.57. The van der Waals surface area contributed by atoms with Crippen LogP contribution in [-0.2, 0) is 14.6 Å². The number of terminal acetylenes is 1. The second-order valence-corrected chi connectivity index (χ2v) is 6.04. The molecule has 3 amide bonds. The largest absolute Gasteiger partial charge is 0.344 e. The highest BCUT2D eigenvalue weighted by molar-refractivity contribution is 7.91. The summed E-state index contributed by atoms with van der Waals surface area (Å²) in [6, 6.07) is 3.44. The summed E-state index contributed by atoms with van der Waals surface area (Å²) < 4.78 is 47.2. The van der Waals surface area contributed by atoms with Crippen molar-refractivity contribution >= 4 is 27.5 Å². The first-order valence-electron chi connectivity index (χ1n) is 6.14. The molecule has 1 aromatic rings. The lowest BCUT2D eigenvalue weighted by Crippen LogP contribution is -2.39. The highest BCUT2D eigenvalue weighted by Crippen LogP contribution is 2.20. The lowest BCUT2D eigenvalue weighted by Gasteiger charge is -2.08. The second-order valence-electron chi connectivity index (χ2n) is 4.12. The summed E-state index contributed by atoms with van der Waals surface area (Å²) in [6.07, 6.45) is 4.94. The summed E-state index contributed by atoms with van der Waals surface area (Å²) in [5.74, 6) is -1.82. The van der Waals surface area contributed by atoms with Crippen molar-refractivity contribution in [1.29, 1.82) is 0 Å². The number of amides is 3. The molecule has 0 aromatic heterocycles. The van der Waals surface area contributed by atoms with E-state index in [9.17, 15) is 26.8 Å². The van der Waals surface area contributed by atoms with E-state index in [1.165, 1.54) is 0 Å². The SMILES string of the molecule is C#CCNC(=O)CNC(=O)Nc1ccc(S(=O)(=O)C(F)F)cc1. The van der Waals surface area contributed by atoms with E-state index in [1.54, 1.807) is 0 Å². The van der Waals surface area contributed by atoms with Crippen LogP contribution in [-0.4, -0.2) is 39.2 Å². The number of carbonyl (C=O) groups excluding carboxylic acids is 2. The third kappa shape index (κ3) is 5.55. The van der Waals surface area contributed by atoms with Gasteiger partial charge in [-0.2, -0.15) is 8.78 Å². The van der Waals surface area contributed by atoms with Gasteiger partial charge < -0.3 is 16.0 Å². The second kappa shape index (κ2) is 8.09. The smallest absolute Gasteiger partial charge is 0.341 e. The van der Waals surface area contributed by atoms with Gasteiger partial charge in [-0.05, 0) is 24.3 Å². The van der Waals surface area contributed by atoms with Crippen molar-refractivity contribution < 1.29 is 26.8 Å². The van der Waals surface area contributed by atoms with Gasteiger partial charge in [-0.15, -0.1) is 6.42 Å². The van der Waals surface area contributed by atoms with Gasteiger partial charge in [0.2, 0.25) is 15.7 Å². The van der Waals surface area contributed by atoms with Crippen molar-refractivity contribution in [1.82, 2.24) is 10.6 Å². The average Bonchev–Trinajstić information content (AvgIpc) is 2.51. The summed E-state index contributed by atoms with van der Waals surface area (Å²) in [7, 11) is -4.68. The molecule has 0 aliphatic heterocycles.